The van der Waals surface area contributed by atoms with Crippen molar-refractivity contribution in [1.82, 2.24) is 10.3 Å². The van der Waals surface area contributed by atoms with Gasteiger partial charge in [0.05, 0.1) is 11.3 Å². The Hall–Kier alpha value is -2.54. The third kappa shape index (κ3) is 4.47. The SMILES string of the molecule is O=C(NCC1CCOCC1)c1cnc(Nc2ccc(F)cc2F)cc1C1CC1. The van der Waals surface area contributed by atoms with Crippen molar-refractivity contribution < 1.29 is 18.3 Å². The molecule has 2 N–H and O–H groups in total. The molecule has 0 unspecified atom stereocenters. The van der Waals surface area contributed by atoms with E-state index in [1.807, 2.05) is 0 Å². The minimum Gasteiger partial charge on any atom is -0.381 e. The van der Waals surface area contributed by atoms with Crippen LogP contribution >= 0.6 is 0 Å². The van der Waals surface area contributed by atoms with E-state index in [0.29, 0.717) is 29.8 Å². The number of hydrogen-bond donors (Lipinski definition) is 2. The number of benzene rings is 1. The maximum atomic E-state index is 13.9. The number of halogens is 2. The summed E-state index contributed by atoms with van der Waals surface area (Å²) in [5.41, 5.74) is 1.64. The van der Waals surface area contributed by atoms with E-state index in [-0.39, 0.29) is 11.6 Å². The molecule has 2 aliphatic rings. The normalized spacial score (nSPS) is 17.4. The van der Waals surface area contributed by atoms with Crippen molar-refractivity contribution in [2.45, 2.75) is 31.6 Å². The molecule has 2 fully saturated rings. The zero-order valence-corrected chi connectivity index (χ0v) is 15.5. The zero-order valence-electron chi connectivity index (χ0n) is 15.5. The molecule has 7 heteroatoms. The molecule has 0 bridgehead atoms. The Balaban J connectivity index is 1.48. The number of amides is 1. The minimum absolute atomic E-state index is 0.125. The van der Waals surface area contributed by atoms with Gasteiger partial charge in [0.1, 0.15) is 17.5 Å². The van der Waals surface area contributed by atoms with Crippen molar-refractivity contribution in [1.29, 1.82) is 0 Å². The second-order valence-electron chi connectivity index (χ2n) is 7.45. The fraction of sp³-hybridized carbons (Fsp3) is 0.429. The Morgan fingerprint density at radius 2 is 1.93 bits per heavy atom. The van der Waals surface area contributed by atoms with Crippen molar-refractivity contribution in [3.8, 4) is 0 Å². The fourth-order valence-corrected chi connectivity index (χ4v) is 3.47. The quantitative estimate of drug-likeness (QED) is 0.782. The number of ether oxygens (including phenoxy) is 1. The molecule has 1 aliphatic heterocycles. The molecule has 0 atom stereocenters. The predicted octanol–water partition coefficient (Wildman–Crippen LogP) is 4.14. The summed E-state index contributed by atoms with van der Waals surface area (Å²) in [6.07, 6.45) is 5.50. The summed E-state index contributed by atoms with van der Waals surface area (Å²) in [5.74, 6) is -0.240. The maximum Gasteiger partial charge on any atom is 0.253 e. The van der Waals surface area contributed by atoms with Crippen LogP contribution in [0.2, 0.25) is 0 Å². The number of carbonyl (C=O) groups excluding carboxylic acids is 1. The third-order valence-electron chi connectivity index (χ3n) is 5.28. The first-order chi connectivity index (χ1) is 13.6. The van der Waals surface area contributed by atoms with Crippen molar-refractivity contribution >= 4 is 17.4 Å². The summed E-state index contributed by atoms with van der Waals surface area (Å²) >= 11 is 0. The molecule has 148 valence electrons. The summed E-state index contributed by atoms with van der Waals surface area (Å²) in [5, 5.41) is 5.89. The van der Waals surface area contributed by atoms with Gasteiger partial charge in [-0.2, -0.15) is 0 Å². The van der Waals surface area contributed by atoms with Gasteiger partial charge in [0.25, 0.3) is 5.91 Å². The lowest BCUT2D eigenvalue weighted by molar-refractivity contribution is 0.0642. The number of aromatic nitrogens is 1. The highest BCUT2D eigenvalue weighted by Crippen LogP contribution is 2.42. The molecular weight excluding hydrogens is 364 g/mol. The van der Waals surface area contributed by atoms with Gasteiger partial charge < -0.3 is 15.4 Å². The van der Waals surface area contributed by atoms with Gasteiger partial charge in [-0.05, 0) is 61.3 Å². The topological polar surface area (TPSA) is 63.2 Å². The van der Waals surface area contributed by atoms with E-state index in [9.17, 15) is 13.6 Å². The van der Waals surface area contributed by atoms with Gasteiger partial charge >= 0.3 is 0 Å². The third-order valence-corrected chi connectivity index (χ3v) is 5.28. The lowest BCUT2D eigenvalue weighted by Crippen LogP contribution is -2.32. The molecule has 1 amide bonds. The highest BCUT2D eigenvalue weighted by Gasteiger charge is 2.29. The summed E-state index contributed by atoms with van der Waals surface area (Å²) < 4.78 is 32.3. The van der Waals surface area contributed by atoms with Gasteiger partial charge in [0, 0.05) is 32.0 Å². The first-order valence-electron chi connectivity index (χ1n) is 9.68. The van der Waals surface area contributed by atoms with Gasteiger partial charge in [-0.1, -0.05) is 0 Å². The highest BCUT2D eigenvalue weighted by atomic mass is 19.1. The average Bonchev–Trinajstić information content (AvgIpc) is 3.54. The van der Waals surface area contributed by atoms with Gasteiger partial charge in [0.2, 0.25) is 0 Å². The molecule has 1 aromatic heterocycles. The molecule has 1 saturated carbocycles. The Kier molecular flexibility index (Phi) is 5.52. The molecule has 4 rings (SSSR count). The van der Waals surface area contributed by atoms with E-state index < -0.39 is 11.6 Å². The fourth-order valence-electron chi connectivity index (χ4n) is 3.47. The van der Waals surface area contributed by atoms with E-state index in [2.05, 4.69) is 15.6 Å². The molecule has 28 heavy (non-hydrogen) atoms. The number of pyridine rings is 1. The molecule has 2 aromatic rings. The molecule has 1 aliphatic carbocycles. The van der Waals surface area contributed by atoms with Gasteiger partial charge in [-0.25, -0.2) is 13.8 Å². The highest BCUT2D eigenvalue weighted by molar-refractivity contribution is 5.96. The maximum absolute atomic E-state index is 13.9. The average molecular weight is 387 g/mol. The summed E-state index contributed by atoms with van der Waals surface area (Å²) in [6, 6.07) is 5.13. The van der Waals surface area contributed by atoms with Crippen LogP contribution in [0.15, 0.2) is 30.5 Å². The molecule has 0 spiro atoms. The van der Waals surface area contributed by atoms with E-state index in [0.717, 1.165) is 50.5 Å². The number of nitrogens with one attached hydrogen (secondary N) is 2. The minimum atomic E-state index is -0.687. The molecule has 0 radical (unpaired) electrons. The van der Waals surface area contributed by atoms with E-state index in [1.165, 1.54) is 18.3 Å². The summed E-state index contributed by atoms with van der Waals surface area (Å²) in [7, 11) is 0. The van der Waals surface area contributed by atoms with Crippen LogP contribution < -0.4 is 10.6 Å². The van der Waals surface area contributed by atoms with Crippen LogP contribution in [0, 0.1) is 17.6 Å². The van der Waals surface area contributed by atoms with Crippen LogP contribution in [-0.2, 0) is 4.74 Å². The number of anilines is 2. The Morgan fingerprint density at radius 1 is 1.14 bits per heavy atom. The number of hydrogen-bond acceptors (Lipinski definition) is 4. The van der Waals surface area contributed by atoms with Crippen LogP contribution in [0.25, 0.3) is 0 Å². The number of carbonyl (C=O) groups is 1. The summed E-state index contributed by atoms with van der Waals surface area (Å²) in [4.78, 5) is 17.0. The Labute approximate surface area is 162 Å². The van der Waals surface area contributed by atoms with Crippen molar-refractivity contribution in [3.63, 3.8) is 0 Å². The molecule has 5 nitrogen and oxygen atoms in total. The molecule has 1 saturated heterocycles. The standard InChI is InChI=1S/C21H23F2N3O2/c22-15-3-4-19(18(23)9-15)26-20-10-16(14-1-2-14)17(12-24-20)21(27)25-11-13-5-7-28-8-6-13/h3-4,9-10,12-14H,1-2,5-8,11H2,(H,24,26)(H,25,27). The van der Waals surface area contributed by atoms with Crippen LogP contribution in [-0.4, -0.2) is 30.6 Å². The Morgan fingerprint density at radius 3 is 2.64 bits per heavy atom. The largest absolute Gasteiger partial charge is 0.381 e. The lowest BCUT2D eigenvalue weighted by atomic mass is 10.00. The second kappa shape index (κ2) is 8.22. The Bertz CT molecular complexity index is 865. The first kappa shape index (κ1) is 18.8. The van der Waals surface area contributed by atoms with E-state index in [1.54, 1.807) is 6.07 Å². The zero-order chi connectivity index (χ0) is 19.5. The van der Waals surface area contributed by atoms with Crippen molar-refractivity contribution in [2.75, 3.05) is 25.1 Å². The van der Waals surface area contributed by atoms with Crippen LogP contribution in [0.4, 0.5) is 20.3 Å². The second-order valence-corrected chi connectivity index (χ2v) is 7.45. The molecule has 1 aromatic carbocycles. The predicted molar refractivity (Wildman–Crippen MR) is 102 cm³/mol. The monoisotopic (exact) mass is 387 g/mol. The number of rotatable bonds is 6. The van der Waals surface area contributed by atoms with Crippen molar-refractivity contribution in [3.05, 3.63) is 53.2 Å². The smallest absolute Gasteiger partial charge is 0.253 e. The van der Waals surface area contributed by atoms with Gasteiger partial charge in [0.15, 0.2) is 0 Å². The van der Waals surface area contributed by atoms with E-state index in [4.69, 9.17) is 4.74 Å². The molecular formula is C21H23F2N3O2. The van der Waals surface area contributed by atoms with E-state index >= 15 is 0 Å². The molecule has 2 heterocycles. The summed E-state index contributed by atoms with van der Waals surface area (Å²) in [6.45, 7) is 2.12. The first-order valence-corrected chi connectivity index (χ1v) is 9.68. The van der Waals surface area contributed by atoms with Crippen LogP contribution in [0.1, 0.15) is 47.5 Å². The van der Waals surface area contributed by atoms with Crippen LogP contribution in [0.5, 0.6) is 0 Å². The lowest BCUT2D eigenvalue weighted by Gasteiger charge is -2.22. The van der Waals surface area contributed by atoms with Crippen molar-refractivity contribution in [2.24, 2.45) is 5.92 Å². The number of nitrogens with zero attached hydrogens (tertiary/aromatic N) is 1. The van der Waals surface area contributed by atoms with Gasteiger partial charge in [-0.3, -0.25) is 4.79 Å². The van der Waals surface area contributed by atoms with Crippen LogP contribution in [0.3, 0.4) is 0 Å². The van der Waals surface area contributed by atoms with Gasteiger partial charge in [-0.15, -0.1) is 0 Å².